The monoisotopic (exact) mass is 275 g/mol. The first-order chi connectivity index (χ1) is 9.58. The average Bonchev–Trinajstić information content (AvgIpc) is 2.45. The first-order valence-corrected chi connectivity index (χ1v) is 6.18. The molecule has 5 heteroatoms. The molecule has 0 aliphatic heterocycles. The Morgan fingerprint density at radius 1 is 1.10 bits per heavy atom. The number of ether oxygens (including phenoxy) is 3. The Labute approximate surface area is 117 Å². The second kappa shape index (κ2) is 5.77. The molecule has 0 unspecified atom stereocenters. The molecular weight excluding hydrogens is 258 g/mol. The van der Waals surface area contributed by atoms with Gasteiger partial charge in [-0.25, -0.2) is 0 Å². The second-order valence-corrected chi connectivity index (χ2v) is 4.41. The number of aromatic nitrogens is 1. The summed E-state index contributed by atoms with van der Waals surface area (Å²) in [5.74, 6) is 0.962. The number of nitrogens with zero attached hydrogens (tertiary/aromatic N) is 1. The molecule has 0 spiro atoms. The highest BCUT2D eigenvalue weighted by Crippen LogP contribution is 2.32. The molecule has 5 nitrogen and oxygen atoms in total. The second-order valence-electron chi connectivity index (χ2n) is 4.41. The Bertz CT molecular complexity index is 652. The number of methoxy groups -OCH3 is 3. The summed E-state index contributed by atoms with van der Waals surface area (Å²) in [6.45, 7) is 1.97. The van der Waals surface area contributed by atoms with Gasteiger partial charge >= 0.3 is 5.97 Å². The van der Waals surface area contributed by atoms with Crippen molar-refractivity contribution in [3.8, 4) is 11.5 Å². The molecule has 0 atom stereocenters. The van der Waals surface area contributed by atoms with E-state index in [-0.39, 0.29) is 12.4 Å². The summed E-state index contributed by atoms with van der Waals surface area (Å²) in [7, 11) is 4.54. The zero-order valence-corrected chi connectivity index (χ0v) is 12.0. The van der Waals surface area contributed by atoms with Crippen LogP contribution in [0.4, 0.5) is 0 Å². The smallest absolute Gasteiger partial charge is 0.311 e. The normalized spacial score (nSPS) is 10.4. The van der Waals surface area contributed by atoms with Gasteiger partial charge in [0.1, 0.15) is 0 Å². The fourth-order valence-corrected chi connectivity index (χ4v) is 2.10. The van der Waals surface area contributed by atoms with Crippen LogP contribution in [0.2, 0.25) is 0 Å². The third-order valence-corrected chi connectivity index (χ3v) is 3.13. The molecule has 1 aromatic carbocycles. The van der Waals surface area contributed by atoms with E-state index in [1.54, 1.807) is 14.2 Å². The third kappa shape index (κ3) is 2.66. The zero-order valence-electron chi connectivity index (χ0n) is 12.0. The molecule has 0 bridgehead atoms. The van der Waals surface area contributed by atoms with E-state index in [1.165, 1.54) is 7.11 Å². The van der Waals surface area contributed by atoms with Crippen molar-refractivity contribution in [2.24, 2.45) is 0 Å². The standard InChI is InChI=1S/C15H17NO4/c1-9-5-10(6-15(17)20-4)16-12-8-14(19-3)13(18-2)7-11(9)12/h5,7-8H,6H2,1-4H3. The summed E-state index contributed by atoms with van der Waals surface area (Å²) >= 11 is 0. The molecule has 2 aromatic rings. The first kappa shape index (κ1) is 14.1. The van der Waals surface area contributed by atoms with Gasteiger partial charge in [0.2, 0.25) is 0 Å². The lowest BCUT2D eigenvalue weighted by molar-refractivity contribution is -0.139. The molecule has 2 rings (SSSR count). The van der Waals surface area contributed by atoms with E-state index in [1.807, 2.05) is 25.1 Å². The molecule has 0 saturated heterocycles. The van der Waals surface area contributed by atoms with Gasteiger partial charge in [0.25, 0.3) is 0 Å². The Morgan fingerprint density at radius 3 is 2.35 bits per heavy atom. The molecule has 0 aliphatic rings. The summed E-state index contributed by atoms with van der Waals surface area (Å²) < 4.78 is 15.2. The minimum atomic E-state index is -0.309. The fourth-order valence-electron chi connectivity index (χ4n) is 2.10. The Balaban J connectivity index is 2.55. The van der Waals surface area contributed by atoms with E-state index in [9.17, 15) is 4.79 Å². The van der Waals surface area contributed by atoms with Crippen molar-refractivity contribution in [3.63, 3.8) is 0 Å². The highest BCUT2D eigenvalue weighted by atomic mass is 16.5. The van der Waals surface area contributed by atoms with Crippen molar-refractivity contribution in [3.05, 3.63) is 29.5 Å². The molecule has 1 heterocycles. The van der Waals surface area contributed by atoms with Gasteiger partial charge in [-0.15, -0.1) is 0 Å². The highest BCUT2D eigenvalue weighted by Gasteiger charge is 2.11. The molecule has 0 saturated carbocycles. The van der Waals surface area contributed by atoms with E-state index in [4.69, 9.17) is 9.47 Å². The number of fused-ring (bicyclic) bond motifs is 1. The molecule has 0 fully saturated rings. The molecule has 1 aromatic heterocycles. The van der Waals surface area contributed by atoms with Gasteiger partial charge in [0.15, 0.2) is 11.5 Å². The summed E-state index contributed by atoms with van der Waals surface area (Å²) in [6.07, 6.45) is 0.154. The summed E-state index contributed by atoms with van der Waals surface area (Å²) in [5, 5.41) is 0.969. The number of carbonyl (C=O) groups excluding carboxylic acids is 1. The predicted octanol–water partition coefficient (Wildman–Crippen LogP) is 2.28. The molecule has 0 N–H and O–H groups in total. The van der Waals surface area contributed by atoms with Crippen LogP contribution >= 0.6 is 0 Å². The zero-order chi connectivity index (χ0) is 14.7. The number of aryl methyl sites for hydroxylation is 1. The molecule has 0 aliphatic carbocycles. The van der Waals surface area contributed by atoms with E-state index in [0.29, 0.717) is 17.2 Å². The van der Waals surface area contributed by atoms with Gasteiger partial charge in [-0.1, -0.05) is 0 Å². The third-order valence-electron chi connectivity index (χ3n) is 3.13. The van der Waals surface area contributed by atoms with Crippen LogP contribution in [0.25, 0.3) is 10.9 Å². The van der Waals surface area contributed by atoms with Gasteiger partial charge < -0.3 is 14.2 Å². The van der Waals surface area contributed by atoms with Crippen LogP contribution in [0.15, 0.2) is 18.2 Å². The maximum Gasteiger partial charge on any atom is 0.311 e. The van der Waals surface area contributed by atoms with Gasteiger partial charge in [-0.05, 0) is 24.6 Å². The molecule has 106 valence electrons. The van der Waals surface area contributed by atoms with Crippen LogP contribution in [0.3, 0.4) is 0 Å². The van der Waals surface area contributed by atoms with Crippen LogP contribution in [-0.2, 0) is 16.0 Å². The number of pyridine rings is 1. The number of rotatable bonds is 4. The maximum atomic E-state index is 11.3. The maximum absolute atomic E-state index is 11.3. The minimum absolute atomic E-state index is 0.154. The number of hydrogen-bond acceptors (Lipinski definition) is 5. The Morgan fingerprint density at radius 2 is 1.75 bits per heavy atom. The SMILES string of the molecule is COC(=O)Cc1cc(C)c2cc(OC)c(OC)cc2n1. The lowest BCUT2D eigenvalue weighted by Gasteiger charge is -2.11. The molecule has 20 heavy (non-hydrogen) atoms. The van der Waals surface area contributed by atoms with Gasteiger partial charge in [-0.3, -0.25) is 9.78 Å². The minimum Gasteiger partial charge on any atom is -0.493 e. The Hall–Kier alpha value is -2.30. The van der Waals surface area contributed by atoms with Crippen molar-refractivity contribution in [2.45, 2.75) is 13.3 Å². The van der Waals surface area contributed by atoms with Gasteiger partial charge in [-0.2, -0.15) is 0 Å². The first-order valence-electron chi connectivity index (χ1n) is 6.18. The lowest BCUT2D eigenvalue weighted by atomic mass is 10.1. The van der Waals surface area contributed by atoms with E-state index >= 15 is 0 Å². The average molecular weight is 275 g/mol. The summed E-state index contributed by atoms with van der Waals surface area (Å²) in [5.41, 5.74) is 2.46. The number of carbonyl (C=O) groups is 1. The molecule has 0 radical (unpaired) electrons. The van der Waals surface area contributed by atoms with Gasteiger partial charge in [0.05, 0.1) is 39.0 Å². The number of esters is 1. The molecule has 0 amide bonds. The van der Waals surface area contributed by atoms with Crippen LogP contribution in [0.1, 0.15) is 11.3 Å². The van der Waals surface area contributed by atoms with Crippen LogP contribution < -0.4 is 9.47 Å². The van der Waals surface area contributed by atoms with Crippen molar-refractivity contribution >= 4 is 16.9 Å². The summed E-state index contributed by atoms with van der Waals surface area (Å²) in [6, 6.07) is 5.57. The van der Waals surface area contributed by atoms with Crippen molar-refractivity contribution < 1.29 is 19.0 Å². The fraction of sp³-hybridized carbons (Fsp3) is 0.333. The van der Waals surface area contributed by atoms with Crippen molar-refractivity contribution in [2.75, 3.05) is 21.3 Å². The van der Waals surface area contributed by atoms with E-state index < -0.39 is 0 Å². The summed E-state index contributed by atoms with van der Waals surface area (Å²) in [4.78, 5) is 15.8. The van der Waals surface area contributed by atoms with Crippen molar-refractivity contribution in [1.82, 2.24) is 4.98 Å². The Kier molecular flexibility index (Phi) is 4.08. The number of benzene rings is 1. The van der Waals surface area contributed by atoms with Crippen molar-refractivity contribution in [1.29, 1.82) is 0 Å². The van der Waals surface area contributed by atoms with Crippen LogP contribution in [-0.4, -0.2) is 32.3 Å². The van der Waals surface area contributed by atoms with E-state index in [0.717, 1.165) is 16.5 Å². The number of hydrogen-bond donors (Lipinski definition) is 0. The highest BCUT2D eigenvalue weighted by molar-refractivity contribution is 5.86. The topological polar surface area (TPSA) is 57.7 Å². The lowest BCUT2D eigenvalue weighted by Crippen LogP contribution is -2.06. The van der Waals surface area contributed by atoms with E-state index in [2.05, 4.69) is 9.72 Å². The predicted molar refractivity (Wildman–Crippen MR) is 75.3 cm³/mol. The molecular formula is C15H17NO4. The van der Waals surface area contributed by atoms with Crippen LogP contribution in [0, 0.1) is 6.92 Å². The van der Waals surface area contributed by atoms with Crippen LogP contribution in [0.5, 0.6) is 11.5 Å². The van der Waals surface area contributed by atoms with Gasteiger partial charge in [0, 0.05) is 11.5 Å². The largest absolute Gasteiger partial charge is 0.493 e. The quantitative estimate of drug-likeness (QED) is 0.801.